The van der Waals surface area contributed by atoms with Gasteiger partial charge in [-0.3, -0.25) is 0 Å². The first kappa shape index (κ1) is 10.1. The van der Waals surface area contributed by atoms with Crippen molar-refractivity contribution in [1.29, 1.82) is 10.5 Å². The fraction of sp³-hybridized carbons (Fsp3) is 0.273. The highest BCUT2D eigenvalue weighted by atomic mass is 16.5. The van der Waals surface area contributed by atoms with Crippen molar-refractivity contribution in [3.63, 3.8) is 0 Å². The van der Waals surface area contributed by atoms with Gasteiger partial charge in [0.15, 0.2) is 0 Å². The highest BCUT2D eigenvalue weighted by molar-refractivity contribution is 5.36. The SMILES string of the molecule is CC(CC#N)Oc1cccc(C#N)c1. The standard InChI is InChI=1S/C11H10N2O/c1-9(5-6-12)14-11-4-2-3-10(7-11)8-13/h2-4,7,9H,5H2,1H3. The summed E-state index contributed by atoms with van der Waals surface area (Å²) in [6, 6.07) is 11.0. The molecule has 0 N–H and O–H groups in total. The first-order chi connectivity index (χ1) is 6.76. The fourth-order valence-electron chi connectivity index (χ4n) is 1.04. The van der Waals surface area contributed by atoms with E-state index in [-0.39, 0.29) is 6.10 Å². The van der Waals surface area contributed by atoms with Gasteiger partial charge in [-0.2, -0.15) is 10.5 Å². The Morgan fingerprint density at radius 3 is 2.86 bits per heavy atom. The van der Waals surface area contributed by atoms with E-state index in [2.05, 4.69) is 0 Å². The monoisotopic (exact) mass is 186 g/mol. The Balaban J connectivity index is 2.69. The van der Waals surface area contributed by atoms with Gasteiger partial charge >= 0.3 is 0 Å². The topological polar surface area (TPSA) is 56.8 Å². The second-order valence-corrected chi connectivity index (χ2v) is 2.93. The molecule has 0 saturated heterocycles. The van der Waals surface area contributed by atoms with E-state index in [1.165, 1.54) is 0 Å². The molecule has 0 aliphatic rings. The third-order valence-electron chi connectivity index (χ3n) is 1.68. The first-order valence-corrected chi connectivity index (χ1v) is 4.30. The van der Waals surface area contributed by atoms with E-state index in [1.54, 1.807) is 24.3 Å². The zero-order chi connectivity index (χ0) is 10.4. The molecular weight excluding hydrogens is 176 g/mol. The number of nitrogens with zero attached hydrogens (tertiary/aromatic N) is 2. The molecule has 0 spiro atoms. The van der Waals surface area contributed by atoms with Crippen LogP contribution < -0.4 is 4.74 Å². The summed E-state index contributed by atoms with van der Waals surface area (Å²) in [6.45, 7) is 1.82. The Morgan fingerprint density at radius 1 is 1.43 bits per heavy atom. The number of hydrogen-bond donors (Lipinski definition) is 0. The second-order valence-electron chi connectivity index (χ2n) is 2.93. The van der Waals surface area contributed by atoms with Gasteiger partial charge in [-0.25, -0.2) is 0 Å². The predicted molar refractivity (Wildman–Crippen MR) is 51.5 cm³/mol. The third kappa shape index (κ3) is 2.80. The number of rotatable bonds is 3. The Kier molecular flexibility index (Phi) is 3.52. The minimum Gasteiger partial charge on any atom is -0.490 e. The Labute approximate surface area is 83.2 Å². The van der Waals surface area contributed by atoms with Crippen molar-refractivity contribution in [2.75, 3.05) is 0 Å². The van der Waals surface area contributed by atoms with Crippen LogP contribution in [-0.4, -0.2) is 6.10 Å². The number of nitriles is 2. The molecule has 1 aromatic rings. The maximum Gasteiger partial charge on any atom is 0.121 e. The quantitative estimate of drug-likeness (QED) is 0.727. The Bertz CT molecular complexity index is 387. The van der Waals surface area contributed by atoms with Crippen molar-refractivity contribution >= 4 is 0 Å². The molecule has 0 heterocycles. The van der Waals surface area contributed by atoms with E-state index < -0.39 is 0 Å². The van der Waals surface area contributed by atoms with Crippen LogP contribution >= 0.6 is 0 Å². The van der Waals surface area contributed by atoms with Crippen molar-refractivity contribution in [3.8, 4) is 17.9 Å². The molecule has 0 radical (unpaired) electrons. The van der Waals surface area contributed by atoms with Crippen LogP contribution in [0.3, 0.4) is 0 Å². The molecule has 0 amide bonds. The molecule has 0 fully saturated rings. The molecule has 0 aromatic heterocycles. The number of hydrogen-bond acceptors (Lipinski definition) is 3. The van der Waals surface area contributed by atoms with Gasteiger partial charge in [0.05, 0.1) is 24.1 Å². The summed E-state index contributed by atoms with van der Waals surface area (Å²) in [6.07, 6.45) is 0.200. The lowest BCUT2D eigenvalue weighted by atomic mass is 10.2. The summed E-state index contributed by atoms with van der Waals surface area (Å²) in [4.78, 5) is 0. The zero-order valence-corrected chi connectivity index (χ0v) is 7.90. The normalized spacial score (nSPS) is 11.1. The van der Waals surface area contributed by atoms with Gasteiger partial charge in [0.2, 0.25) is 0 Å². The fourth-order valence-corrected chi connectivity index (χ4v) is 1.04. The summed E-state index contributed by atoms with van der Waals surface area (Å²) >= 11 is 0. The summed E-state index contributed by atoms with van der Waals surface area (Å²) in [5, 5.41) is 17.1. The lowest BCUT2D eigenvalue weighted by Crippen LogP contribution is -2.10. The van der Waals surface area contributed by atoms with E-state index in [1.807, 2.05) is 19.1 Å². The largest absolute Gasteiger partial charge is 0.490 e. The number of benzene rings is 1. The van der Waals surface area contributed by atoms with Crippen LogP contribution in [0.15, 0.2) is 24.3 Å². The molecule has 3 heteroatoms. The van der Waals surface area contributed by atoms with Gasteiger partial charge in [0.1, 0.15) is 11.9 Å². The van der Waals surface area contributed by atoms with Crippen molar-refractivity contribution in [2.45, 2.75) is 19.4 Å². The van der Waals surface area contributed by atoms with E-state index >= 15 is 0 Å². The molecule has 0 aliphatic carbocycles. The smallest absolute Gasteiger partial charge is 0.121 e. The lowest BCUT2D eigenvalue weighted by molar-refractivity contribution is 0.227. The molecule has 14 heavy (non-hydrogen) atoms. The highest BCUT2D eigenvalue weighted by Crippen LogP contribution is 2.14. The summed E-state index contributed by atoms with van der Waals surface area (Å²) in [5.41, 5.74) is 0.562. The molecule has 0 bridgehead atoms. The van der Waals surface area contributed by atoms with Gasteiger partial charge in [-0.1, -0.05) is 6.07 Å². The van der Waals surface area contributed by atoms with Crippen molar-refractivity contribution < 1.29 is 4.74 Å². The van der Waals surface area contributed by atoms with Crippen LogP contribution in [0.25, 0.3) is 0 Å². The minimum atomic E-state index is -0.144. The lowest BCUT2D eigenvalue weighted by Gasteiger charge is -2.10. The number of ether oxygens (including phenoxy) is 1. The molecule has 3 nitrogen and oxygen atoms in total. The first-order valence-electron chi connectivity index (χ1n) is 4.30. The van der Waals surface area contributed by atoms with Gasteiger partial charge in [0, 0.05) is 0 Å². The van der Waals surface area contributed by atoms with Gasteiger partial charge in [-0.15, -0.1) is 0 Å². The van der Waals surface area contributed by atoms with Crippen LogP contribution in [-0.2, 0) is 0 Å². The van der Waals surface area contributed by atoms with Crippen LogP contribution in [0.2, 0.25) is 0 Å². The molecular formula is C11H10N2O. The van der Waals surface area contributed by atoms with Crippen LogP contribution in [0.5, 0.6) is 5.75 Å². The summed E-state index contributed by atoms with van der Waals surface area (Å²) < 4.78 is 5.42. The molecule has 1 unspecified atom stereocenters. The second kappa shape index (κ2) is 4.89. The molecule has 1 aromatic carbocycles. The molecule has 0 aliphatic heterocycles. The zero-order valence-electron chi connectivity index (χ0n) is 7.90. The predicted octanol–water partition coefficient (Wildman–Crippen LogP) is 2.24. The summed E-state index contributed by atoms with van der Waals surface area (Å²) in [7, 11) is 0. The van der Waals surface area contributed by atoms with Crippen LogP contribution in [0, 0.1) is 22.7 Å². The van der Waals surface area contributed by atoms with Crippen molar-refractivity contribution in [1.82, 2.24) is 0 Å². The molecule has 70 valence electrons. The average Bonchev–Trinajstić information content (AvgIpc) is 2.18. The van der Waals surface area contributed by atoms with Gasteiger partial charge in [-0.05, 0) is 25.1 Å². The van der Waals surface area contributed by atoms with Crippen LogP contribution in [0.4, 0.5) is 0 Å². The molecule has 1 atom stereocenters. The Morgan fingerprint density at radius 2 is 2.21 bits per heavy atom. The van der Waals surface area contributed by atoms with E-state index in [0.29, 0.717) is 17.7 Å². The maximum atomic E-state index is 8.64. The maximum absolute atomic E-state index is 8.64. The third-order valence-corrected chi connectivity index (χ3v) is 1.68. The van der Waals surface area contributed by atoms with E-state index in [0.717, 1.165) is 0 Å². The van der Waals surface area contributed by atoms with Crippen LogP contribution in [0.1, 0.15) is 18.9 Å². The molecule has 1 rings (SSSR count). The highest BCUT2D eigenvalue weighted by Gasteiger charge is 2.03. The molecule has 0 saturated carbocycles. The van der Waals surface area contributed by atoms with Gasteiger partial charge in [0.25, 0.3) is 0 Å². The van der Waals surface area contributed by atoms with Gasteiger partial charge < -0.3 is 4.74 Å². The Hall–Kier alpha value is -2.00. The van der Waals surface area contributed by atoms with Crippen molar-refractivity contribution in [2.24, 2.45) is 0 Å². The van der Waals surface area contributed by atoms with E-state index in [4.69, 9.17) is 15.3 Å². The minimum absolute atomic E-state index is 0.144. The average molecular weight is 186 g/mol. The summed E-state index contributed by atoms with van der Waals surface area (Å²) in [5.74, 6) is 0.631. The van der Waals surface area contributed by atoms with E-state index in [9.17, 15) is 0 Å². The van der Waals surface area contributed by atoms with Crippen molar-refractivity contribution in [3.05, 3.63) is 29.8 Å².